The van der Waals surface area contributed by atoms with Crippen LogP contribution in [0.4, 0.5) is 0 Å². The van der Waals surface area contributed by atoms with Crippen LogP contribution in [0, 0.1) is 22.7 Å². The smallest absolute Gasteiger partial charge is 0.164 e. The Labute approximate surface area is 136 Å². The largest absolute Gasteiger partial charge is 0.392 e. The van der Waals surface area contributed by atoms with Crippen LogP contribution in [0.3, 0.4) is 0 Å². The predicted octanol–water partition coefficient (Wildman–Crippen LogP) is 1.85. The normalized spacial score (nSPS) is 51.8. The standard InChI is InChI=1S/C18H26O5/c1-16(2)11-9-13(21)17(3)12(20)6-5-10(19)14(17)18(11)7-4-8-22-15(18)23-16/h11-12,14-15,20H,4-9H2,1-3H3/t11-,12+,14-,15-,17-,18+/m0/s1. The highest BCUT2D eigenvalue weighted by molar-refractivity contribution is 5.96. The average molecular weight is 322 g/mol. The Balaban J connectivity index is 1.92. The van der Waals surface area contributed by atoms with Gasteiger partial charge in [-0.15, -0.1) is 0 Å². The number of ketones is 2. The zero-order valence-electron chi connectivity index (χ0n) is 14.1. The van der Waals surface area contributed by atoms with Crippen LogP contribution in [0.5, 0.6) is 0 Å². The Morgan fingerprint density at radius 1 is 1.22 bits per heavy atom. The highest BCUT2D eigenvalue weighted by Crippen LogP contribution is 2.67. The van der Waals surface area contributed by atoms with Crippen molar-refractivity contribution in [3.05, 3.63) is 0 Å². The summed E-state index contributed by atoms with van der Waals surface area (Å²) in [7, 11) is 0. The second-order valence-corrected chi connectivity index (χ2v) is 8.56. The molecule has 0 aromatic carbocycles. The molecule has 23 heavy (non-hydrogen) atoms. The summed E-state index contributed by atoms with van der Waals surface area (Å²) < 4.78 is 12.2. The van der Waals surface area contributed by atoms with E-state index >= 15 is 0 Å². The molecule has 6 atom stereocenters. The minimum Gasteiger partial charge on any atom is -0.392 e. The van der Waals surface area contributed by atoms with E-state index in [0.717, 1.165) is 12.8 Å². The van der Waals surface area contributed by atoms with E-state index in [9.17, 15) is 14.7 Å². The number of Topliss-reactive ketones (excluding diaryl/α,β-unsaturated/α-hetero) is 2. The number of carbonyl (C=O) groups excluding carboxylic acids is 2. The van der Waals surface area contributed by atoms with Crippen LogP contribution in [-0.4, -0.2) is 41.3 Å². The molecular formula is C18H26O5. The number of ether oxygens (including phenoxy) is 2. The Hall–Kier alpha value is -0.780. The van der Waals surface area contributed by atoms with E-state index in [1.54, 1.807) is 6.92 Å². The van der Waals surface area contributed by atoms with Gasteiger partial charge in [-0.25, -0.2) is 0 Å². The van der Waals surface area contributed by atoms with Gasteiger partial charge in [0.1, 0.15) is 11.6 Å². The molecule has 2 aliphatic carbocycles. The Bertz CT molecular complexity index is 570. The Morgan fingerprint density at radius 2 is 1.96 bits per heavy atom. The third kappa shape index (κ3) is 1.73. The minimum absolute atomic E-state index is 0.0153. The average Bonchev–Trinajstić information content (AvgIpc) is 2.71. The van der Waals surface area contributed by atoms with Gasteiger partial charge in [-0.2, -0.15) is 0 Å². The van der Waals surface area contributed by atoms with Crippen LogP contribution >= 0.6 is 0 Å². The number of hydrogen-bond donors (Lipinski definition) is 1. The Morgan fingerprint density at radius 3 is 2.70 bits per heavy atom. The molecule has 1 spiro atoms. The molecule has 2 saturated carbocycles. The van der Waals surface area contributed by atoms with Crippen LogP contribution in [0.1, 0.15) is 52.9 Å². The lowest BCUT2D eigenvalue weighted by molar-refractivity contribution is -0.240. The topological polar surface area (TPSA) is 72.8 Å². The molecule has 0 unspecified atom stereocenters. The summed E-state index contributed by atoms with van der Waals surface area (Å²) in [5, 5.41) is 10.6. The van der Waals surface area contributed by atoms with Crippen molar-refractivity contribution < 1.29 is 24.2 Å². The first-order chi connectivity index (χ1) is 10.7. The highest BCUT2D eigenvalue weighted by Gasteiger charge is 2.74. The zero-order valence-corrected chi connectivity index (χ0v) is 14.1. The number of carbonyl (C=O) groups is 2. The van der Waals surface area contributed by atoms with Gasteiger partial charge in [0, 0.05) is 36.7 Å². The summed E-state index contributed by atoms with van der Waals surface area (Å²) in [4.78, 5) is 26.0. The van der Waals surface area contributed by atoms with E-state index in [-0.39, 0.29) is 17.5 Å². The van der Waals surface area contributed by atoms with Crippen molar-refractivity contribution in [3.8, 4) is 0 Å². The van der Waals surface area contributed by atoms with Crippen molar-refractivity contribution in [2.24, 2.45) is 22.7 Å². The van der Waals surface area contributed by atoms with Gasteiger partial charge < -0.3 is 14.6 Å². The third-order valence-corrected chi connectivity index (χ3v) is 7.17. The quantitative estimate of drug-likeness (QED) is 0.737. The first-order valence-corrected chi connectivity index (χ1v) is 8.78. The van der Waals surface area contributed by atoms with Gasteiger partial charge in [0.25, 0.3) is 0 Å². The van der Waals surface area contributed by atoms with Gasteiger partial charge in [0.2, 0.25) is 0 Å². The molecule has 2 heterocycles. The van der Waals surface area contributed by atoms with Crippen molar-refractivity contribution in [1.82, 2.24) is 0 Å². The van der Waals surface area contributed by atoms with E-state index in [1.165, 1.54) is 0 Å². The summed E-state index contributed by atoms with van der Waals surface area (Å²) in [5.74, 6) is -0.397. The third-order valence-electron chi connectivity index (χ3n) is 7.17. The molecule has 2 saturated heterocycles. The number of fused-ring (bicyclic) bond motifs is 1. The molecule has 0 amide bonds. The van der Waals surface area contributed by atoms with Gasteiger partial charge >= 0.3 is 0 Å². The minimum atomic E-state index is -0.992. The molecule has 4 aliphatic rings. The van der Waals surface area contributed by atoms with Gasteiger partial charge in [0.15, 0.2) is 6.29 Å². The second kappa shape index (κ2) is 4.64. The molecule has 128 valence electrons. The maximum absolute atomic E-state index is 13.0. The monoisotopic (exact) mass is 322 g/mol. The van der Waals surface area contributed by atoms with E-state index in [1.807, 2.05) is 13.8 Å². The molecule has 1 N–H and O–H groups in total. The van der Waals surface area contributed by atoms with E-state index in [2.05, 4.69) is 0 Å². The first-order valence-electron chi connectivity index (χ1n) is 8.78. The van der Waals surface area contributed by atoms with Crippen molar-refractivity contribution in [1.29, 1.82) is 0 Å². The molecule has 4 rings (SSSR count). The molecule has 0 bridgehead atoms. The number of aliphatic hydroxyl groups is 1. The van der Waals surface area contributed by atoms with Crippen LogP contribution < -0.4 is 0 Å². The summed E-state index contributed by atoms with van der Waals surface area (Å²) in [6, 6.07) is 0. The summed E-state index contributed by atoms with van der Waals surface area (Å²) in [6.45, 7) is 6.43. The maximum Gasteiger partial charge on any atom is 0.164 e. The molecule has 0 aromatic heterocycles. The lowest BCUT2D eigenvalue weighted by Crippen LogP contribution is -2.67. The molecular weight excluding hydrogens is 296 g/mol. The number of hydrogen-bond acceptors (Lipinski definition) is 5. The van der Waals surface area contributed by atoms with Crippen LogP contribution in [0.2, 0.25) is 0 Å². The van der Waals surface area contributed by atoms with Crippen LogP contribution in [0.25, 0.3) is 0 Å². The zero-order chi connectivity index (χ0) is 16.6. The fourth-order valence-corrected chi connectivity index (χ4v) is 6.11. The number of rotatable bonds is 0. The lowest BCUT2D eigenvalue weighted by atomic mass is 9.43. The maximum atomic E-state index is 13.0. The van der Waals surface area contributed by atoms with Crippen molar-refractivity contribution in [2.45, 2.75) is 70.9 Å². The highest BCUT2D eigenvalue weighted by atomic mass is 16.7. The number of aliphatic hydroxyl groups excluding tert-OH is 1. The first kappa shape index (κ1) is 15.7. The van der Waals surface area contributed by atoms with E-state index in [0.29, 0.717) is 25.9 Å². The van der Waals surface area contributed by atoms with Crippen molar-refractivity contribution in [3.63, 3.8) is 0 Å². The fourth-order valence-electron chi connectivity index (χ4n) is 6.11. The molecule has 5 nitrogen and oxygen atoms in total. The fraction of sp³-hybridized carbons (Fsp3) is 0.889. The van der Waals surface area contributed by atoms with Crippen molar-refractivity contribution >= 4 is 11.6 Å². The van der Waals surface area contributed by atoms with Crippen LogP contribution in [-0.2, 0) is 19.1 Å². The van der Waals surface area contributed by atoms with E-state index < -0.39 is 34.7 Å². The van der Waals surface area contributed by atoms with E-state index in [4.69, 9.17) is 9.47 Å². The summed E-state index contributed by atoms with van der Waals surface area (Å²) in [5.41, 5.74) is -1.95. The molecule has 4 fully saturated rings. The second-order valence-electron chi connectivity index (χ2n) is 8.56. The summed E-state index contributed by atoms with van der Waals surface area (Å²) in [6.07, 6.45) is 1.60. The Kier molecular flexibility index (Phi) is 3.18. The lowest BCUT2D eigenvalue weighted by Gasteiger charge is -2.59. The van der Waals surface area contributed by atoms with Crippen molar-refractivity contribution in [2.75, 3.05) is 6.61 Å². The molecule has 0 aromatic rings. The predicted molar refractivity (Wildman–Crippen MR) is 81.5 cm³/mol. The van der Waals surface area contributed by atoms with Crippen LogP contribution in [0.15, 0.2) is 0 Å². The summed E-state index contributed by atoms with van der Waals surface area (Å²) >= 11 is 0. The van der Waals surface area contributed by atoms with Gasteiger partial charge in [-0.05, 0) is 40.0 Å². The molecule has 2 aliphatic heterocycles. The van der Waals surface area contributed by atoms with Gasteiger partial charge in [0.05, 0.1) is 17.1 Å². The van der Waals surface area contributed by atoms with Gasteiger partial charge in [-0.3, -0.25) is 9.59 Å². The molecule has 0 radical (unpaired) electrons. The SMILES string of the molecule is CC1(C)O[C@@H]2OCCC[C@]23[C@H]1CC(=O)[C@]1(C)[C@H](O)CCC(=O)[C@@H]13. The van der Waals surface area contributed by atoms with Gasteiger partial charge in [-0.1, -0.05) is 0 Å². The molecule has 5 heteroatoms.